The molecule has 2 unspecified atom stereocenters. The normalized spacial score (nSPS) is 20.1. The Morgan fingerprint density at radius 3 is 2.83 bits per heavy atom. The molecule has 1 aliphatic heterocycles. The molecule has 5 heteroatoms. The van der Waals surface area contributed by atoms with Crippen LogP contribution < -0.4 is 0 Å². The Hall–Kier alpha value is -2.24. The fraction of sp³-hybridized carbons (Fsp3) is 0.385. The van der Waals surface area contributed by atoms with Gasteiger partial charge in [0, 0.05) is 13.0 Å². The SMILES string of the molecule is COC(=O)/C=C\C#CC#CC1OC1COC(C)=O. The second-order valence-electron chi connectivity index (χ2n) is 3.29. The smallest absolute Gasteiger partial charge is 0.331 e. The van der Waals surface area contributed by atoms with E-state index in [0.29, 0.717) is 0 Å². The number of carbonyl (C=O) groups excluding carboxylic acids is 2. The van der Waals surface area contributed by atoms with Crippen LogP contribution in [0.15, 0.2) is 12.2 Å². The van der Waals surface area contributed by atoms with Gasteiger partial charge in [0.25, 0.3) is 0 Å². The lowest BCUT2D eigenvalue weighted by atomic mass is 10.3. The molecule has 1 rings (SSSR count). The Morgan fingerprint density at radius 1 is 1.39 bits per heavy atom. The van der Waals surface area contributed by atoms with Crippen molar-refractivity contribution < 1.29 is 23.8 Å². The summed E-state index contributed by atoms with van der Waals surface area (Å²) in [6.45, 7) is 1.55. The standard InChI is InChI=1S/C13H12O5/c1-10(14)17-9-12-11(18-12)7-5-3-4-6-8-13(15)16-2/h6,8,11-12H,9H2,1-2H3/b8-6-. The van der Waals surface area contributed by atoms with Crippen molar-refractivity contribution in [1.29, 1.82) is 0 Å². The molecule has 1 heterocycles. The highest BCUT2D eigenvalue weighted by atomic mass is 16.6. The molecule has 0 bridgehead atoms. The highest BCUT2D eigenvalue weighted by Crippen LogP contribution is 2.20. The molecular formula is C13H12O5. The van der Waals surface area contributed by atoms with E-state index in [4.69, 9.17) is 9.47 Å². The van der Waals surface area contributed by atoms with Gasteiger partial charge in [0.2, 0.25) is 0 Å². The number of allylic oxidation sites excluding steroid dienone is 1. The number of esters is 2. The third-order valence-electron chi connectivity index (χ3n) is 1.89. The van der Waals surface area contributed by atoms with E-state index in [0.717, 1.165) is 0 Å². The number of hydrogen-bond donors (Lipinski definition) is 0. The van der Waals surface area contributed by atoms with Gasteiger partial charge >= 0.3 is 11.9 Å². The molecule has 0 N–H and O–H groups in total. The van der Waals surface area contributed by atoms with Gasteiger partial charge in [-0.1, -0.05) is 11.8 Å². The van der Waals surface area contributed by atoms with Gasteiger partial charge in [0.05, 0.1) is 7.11 Å². The molecule has 0 aromatic heterocycles. The van der Waals surface area contributed by atoms with Crippen LogP contribution in [-0.2, 0) is 23.8 Å². The Morgan fingerprint density at radius 2 is 2.17 bits per heavy atom. The fourth-order valence-electron chi connectivity index (χ4n) is 0.959. The maximum Gasteiger partial charge on any atom is 0.331 e. The average molecular weight is 248 g/mol. The quantitative estimate of drug-likeness (QED) is 0.306. The second-order valence-corrected chi connectivity index (χ2v) is 3.29. The maximum atomic E-state index is 10.7. The minimum Gasteiger partial charge on any atom is -0.466 e. The minimum absolute atomic E-state index is 0.159. The van der Waals surface area contributed by atoms with E-state index in [1.54, 1.807) is 0 Å². The molecule has 94 valence electrons. The number of hydrogen-bond acceptors (Lipinski definition) is 5. The summed E-state index contributed by atoms with van der Waals surface area (Å²) in [5.74, 6) is 9.59. The maximum absolute atomic E-state index is 10.7. The first-order chi connectivity index (χ1) is 8.63. The van der Waals surface area contributed by atoms with Crippen molar-refractivity contribution >= 4 is 11.9 Å². The van der Waals surface area contributed by atoms with E-state index in [9.17, 15) is 9.59 Å². The molecule has 1 saturated heterocycles. The summed E-state index contributed by atoms with van der Waals surface area (Å²) in [4.78, 5) is 21.2. The third kappa shape index (κ3) is 5.74. The molecule has 0 amide bonds. The van der Waals surface area contributed by atoms with E-state index in [-0.39, 0.29) is 24.8 Å². The molecule has 5 nitrogen and oxygen atoms in total. The van der Waals surface area contributed by atoms with Gasteiger partial charge < -0.3 is 14.2 Å². The molecule has 0 aromatic rings. The van der Waals surface area contributed by atoms with Gasteiger partial charge in [-0.2, -0.15) is 0 Å². The van der Waals surface area contributed by atoms with Crippen LogP contribution in [-0.4, -0.2) is 37.9 Å². The Kier molecular flexibility index (Phi) is 5.50. The molecule has 0 aliphatic carbocycles. The van der Waals surface area contributed by atoms with E-state index in [2.05, 4.69) is 28.4 Å². The van der Waals surface area contributed by atoms with Crippen molar-refractivity contribution in [2.45, 2.75) is 19.1 Å². The number of ether oxygens (including phenoxy) is 3. The predicted octanol–water partition coefficient (Wildman–Crippen LogP) is 0.0529. The van der Waals surface area contributed by atoms with E-state index in [1.807, 2.05) is 0 Å². The largest absolute Gasteiger partial charge is 0.466 e. The lowest BCUT2D eigenvalue weighted by Gasteiger charge is -1.94. The van der Waals surface area contributed by atoms with Gasteiger partial charge in [0.1, 0.15) is 18.8 Å². The average Bonchev–Trinajstić information content (AvgIpc) is 3.09. The molecule has 0 radical (unpaired) electrons. The first-order valence-corrected chi connectivity index (χ1v) is 5.18. The number of methoxy groups -OCH3 is 1. The lowest BCUT2D eigenvalue weighted by Crippen LogP contribution is -2.07. The zero-order valence-corrected chi connectivity index (χ0v) is 10.1. The molecular weight excluding hydrogens is 236 g/mol. The summed E-state index contributed by atoms with van der Waals surface area (Å²) in [6.07, 6.45) is 2.16. The molecule has 1 aliphatic rings. The summed E-state index contributed by atoms with van der Waals surface area (Å²) < 4.78 is 14.2. The monoisotopic (exact) mass is 248 g/mol. The summed E-state index contributed by atoms with van der Waals surface area (Å²) in [6, 6.07) is 0. The molecule has 1 fully saturated rings. The van der Waals surface area contributed by atoms with Crippen molar-refractivity contribution in [2.75, 3.05) is 13.7 Å². The van der Waals surface area contributed by atoms with E-state index in [1.165, 1.54) is 26.2 Å². The summed E-state index contributed by atoms with van der Waals surface area (Å²) in [7, 11) is 1.29. The van der Waals surface area contributed by atoms with Gasteiger partial charge in [-0.15, -0.1) is 0 Å². The zero-order chi connectivity index (χ0) is 13.4. The number of carbonyl (C=O) groups is 2. The Balaban J connectivity index is 2.24. The van der Waals surface area contributed by atoms with Crippen LogP contribution in [0.4, 0.5) is 0 Å². The molecule has 0 aromatic carbocycles. The molecule has 0 spiro atoms. The Labute approximate surface area is 105 Å². The van der Waals surface area contributed by atoms with Crippen LogP contribution in [0.3, 0.4) is 0 Å². The minimum atomic E-state index is -0.468. The zero-order valence-electron chi connectivity index (χ0n) is 10.1. The van der Waals surface area contributed by atoms with Crippen LogP contribution >= 0.6 is 0 Å². The summed E-state index contributed by atoms with van der Waals surface area (Å²) >= 11 is 0. The van der Waals surface area contributed by atoms with Crippen molar-refractivity contribution in [3.8, 4) is 23.7 Å². The highest BCUT2D eigenvalue weighted by Gasteiger charge is 2.38. The fourth-order valence-corrected chi connectivity index (χ4v) is 0.959. The molecule has 2 atom stereocenters. The van der Waals surface area contributed by atoms with E-state index < -0.39 is 5.97 Å². The third-order valence-corrected chi connectivity index (χ3v) is 1.89. The number of rotatable bonds is 3. The topological polar surface area (TPSA) is 65.1 Å². The van der Waals surface area contributed by atoms with Crippen LogP contribution in [0.5, 0.6) is 0 Å². The number of epoxide rings is 1. The van der Waals surface area contributed by atoms with Gasteiger partial charge in [0.15, 0.2) is 0 Å². The predicted molar refractivity (Wildman–Crippen MR) is 62.0 cm³/mol. The molecule has 0 saturated carbocycles. The van der Waals surface area contributed by atoms with E-state index >= 15 is 0 Å². The van der Waals surface area contributed by atoms with Crippen LogP contribution in [0, 0.1) is 23.7 Å². The second kappa shape index (κ2) is 7.16. The van der Waals surface area contributed by atoms with Crippen molar-refractivity contribution in [1.82, 2.24) is 0 Å². The summed E-state index contributed by atoms with van der Waals surface area (Å²) in [5, 5.41) is 0. The van der Waals surface area contributed by atoms with Crippen LogP contribution in [0.2, 0.25) is 0 Å². The van der Waals surface area contributed by atoms with Crippen LogP contribution in [0.25, 0.3) is 0 Å². The Bertz CT molecular complexity index is 469. The lowest BCUT2D eigenvalue weighted by molar-refractivity contribution is -0.141. The first-order valence-electron chi connectivity index (χ1n) is 5.18. The van der Waals surface area contributed by atoms with Gasteiger partial charge in [-0.3, -0.25) is 4.79 Å². The van der Waals surface area contributed by atoms with Gasteiger partial charge in [-0.05, 0) is 17.9 Å². The highest BCUT2D eigenvalue weighted by molar-refractivity contribution is 5.82. The first kappa shape index (κ1) is 13.8. The van der Waals surface area contributed by atoms with Crippen molar-refractivity contribution in [3.63, 3.8) is 0 Å². The molecule has 18 heavy (non-hydrogen) atoms. The van der Waals surface area contributed by atoms with Crippen LogP contribution in [0.1, 0.15) is 6.92 Å². The van der Waals surface area contributed by atoms with Crippen molar-refractivity contribution in [3.05, 3.63) is 12.2 Å². The van der Waals surface area contributed by atoms with Crippen molar-refractivity contribution in [2.24, 2.45) is 0 Å². The summed E-state index contributed by atoms with van der Waals surface area (Å²) in [5.41, 5.74) is 0. The van der Waals surface area contributed by atoms with Gasteiger partial charge in [-0.25, -0.2) is 4.79 Å².